The van der Waals surface area contributed by atoms with Gasteiger partial charge in [0.05, 0.1) is 25.4 Å². The van der Waals surface area contributed by atoms with E-state index in [0.29, 0.717) is 12.8 Å². The maximum absolute atomic E-state index is 13.2. The summed E-state index contributed by atoms with van der Waals surface area (Å²) < 4.78 is 47.7. The van der Waals surface area contributed by atoms with Gasteiger partial charge in [0.2, 0.25) is 5.91 Å². The summed E-state index contributed by atoms with van der Waals surface area (Å²) in [7, 11) is -5.12. The third-order valence-electron chi connectivity index (χ3n) is 13.5. The van der Waals surface area contributed by atoms with E-state index in [1.807, 2.05) is 6.08 Å². The third-order valence-corrected chi connectivity index (χ3v) is 14.0. The summed E-state index contributed by atoms with van der Waals surface area (Å²) >= 11 is 0. The summed E-state index contributed by atoms with van der Waals surface area (Å²) in [4.78, 5) is 13.2. The fraction of sp³-hybridized carbons (Fsp3) is 0.875. The fourth-order valence-electron chi connectivity index (χ4n) is 9.02. The summed E-state index contributed by atoms with van der Waals surface area (Å²) in [5, 5.41) is 55.5. The van der Waals surface area contributed by atoms with Crippen molar-refractivity contribution in [2.75, 3.05) is 13.2 Å². The lowest BCUT2D eigenvalue weighted by Crippen LogP contribution is -2.61. The molecule has 0 aromatic heterocycles. The highest BCUT2D eigenvalue weighted by molar-refractivity contribution is 7.80. The first-order chi connectivity index (χ1) is 33.9. The number of carbonyl (C=O) groups excluding carboxylic acids is 1. The molecule has 7 N–H and O–H groups in total. The number of hydrogen-bond acceptors (Lipinski definition) is 11. The molecule has 1 heterocycles. The van der Waals surface area contributed by atoms with Crippen molar-refractivity contribution >= 4 is 16.3 Å². The summed E-state index contributed by atoms with van der Waals surface area (Å²) in [6, 6.07) is -1.13. The normalized spacial score (nSPS) is 20.3. The summed E-state index contributed by atoms with van der Waals surface area (Å²) in [6.45, 7) is 3.25. The van der Waals surface area contributed by atoms with Crippen LogP contribution >= 0.6 is 0 Å². The second-order valence-electron chi connectivity index (χ2n) is 20.0. The number of unbranched alkanes of at least 4 members (excludes halogenated alkanes) is 32. The third kappa shape index (κ3) is 37.1. The lowest BCUT2D eigenvalue weighted by molar-refractivity contribution is -0.298. The molecule has 0 bridgehead atoms. The van der Waals surface area contributed by atoms with Crippen LogP contribution in [-0.4, -0.2) is 107 Å². The van der Waals surface area contributed by atoms with Crippen molar-refractivity contribution in [3.05, 3.63) is 36.5 Å². The van der Waals surface area contributed by atoms with Crippen molar-refractivity contribution in [1.82, 2.24) is 5.32 Å². The standard InChI is InChI=1S/C56H105NO12S/c1-3-5-7-9-11-13-15-17-19-21-23-24-25-27-29-31-33-35-37-39-41-43-45-50(60)55(63)57-48(47-67-56-53(62)54(69-70(64,65)66)52(61)51(46-58)68-56)49(59)44-42-40-38-36-34-32-30-28-26-22-20-18-16-14-12-10-8-6-4-2/h23-24,27,29,42,44,48-54,56,58-62H,3-22,25-26,28,30-41,43,45-47H2,1-2H3,(H,57,63)(H,64,65,66)/b24-23-,29-27-,44-42+. The number of hydrogen-bond donors (Lipinski definition) is 7. The highest BCUT2D eigenvalue weighted by Crippen LogP contribution is 2.26. The molecule has 70 heavy (non-hydrogen) atoms. The van der Waals surface area contributed by atoms with E-state index in [4.69, 9.17) is 9.47 Å². The molecule has 8 unspecified atom stereocenters. The number of carbonyl (C=O) groups is 1. The monoisotopic (exact) mass is 1020 g/mol. The lowest BCUT2D eigenvalue weighted by Gasteiger charge is -2.41. The first kappa shape index (κ1) is 66.3. The van der Waals surface area contributed by atoms with Crippen LogP contribution in [0.1, 0.15) is 251 Å². The molecule has 0 aromatic rings. The first-order valence-corrected chi connectivity index (χ1v) is 29.8. The molecule has 1 saturated heterocycles. The van der Waals surface area contributed by atoms with Crippen LogP contribution in [0.2, 0.25) is 0 Å². The van der Waals surface area contributed by atoms with Gasteiger partial charge in [-0.1, -0.05) is 237 Å². The Hall–Kier alpha value is -1.72. The number of ether oxygens (including phenoxy) is 2. The minimum atomic E-state index is -5.12. The SMILES string of the molecule is CCCCCCCCCCC/C=C\C/C=C\CCCCCCCCC(O)C(=O)NC(COC1OC(CO)C(O)C(OS(=O)(=O)O)C1O)C(O)/C=C/CCCCCCCCCCCCCCCCCCC. The van der Waals surface area contributed by atoms with E-state index >= 15 is 0 Å². The van der Waals surface area contributed by atoms with Gasteiger partial charge in [-0.2, -0.15) is 8.42 Å². The van der Waals surface area contributed by atoms with Crippen LogP contribution in [0, 0.1) is 0 Å². The number of amides is 1. The van der Waals surface area contributed by atoms with Gasteiger partial charge in [-0.25, -0.2) is 4.18 Å². The molecule has 14 heteroatoms. The molecule has 1 fully saturated rings. The molecule has 1 rings (SSSR count). The Labute approximate surface area is 427 Å². The van der Waals surface area contributed by atoms with Crippen LogP contribution in [0.4, 0.5) is 0 Å². The molecule has 0 aliphatic carbocycles. The van der Waals surface area contributed by atoms with Gasteiger partial charge in [-0.05, 0) is 51.4 Å². The molecule has 0 radical (unpaired) electrons. The Kier molecular flexibility index (Phi) is 43.4. The van der Waals surface area contributed by atoms with Crippen molar-refractivity contribution in [2.24, 2.45) is 0 Å². The maximum atomic E-state index is 13.2. The van der Waals surface area contributed by atoms with Crippen LogP contribution in [0.3, 0.4) is 0 Å². The van der Waals surface area contributed by atoms with Crippen molar-refractivity contribution in [3.63, 3.8) is 0 Å². The van der Waals surface area contributed by atoms with E-state index in [1.54, 1.807) is 6.08 Å². The van der Waals surface area contributed by atoms with Gasteiger partial charge in [0, 0.05) is 0 Å². The average Bonchev–Trinajstić information content (AvgIpc) is 3.33. The van der Waals surface area contributed by atoms with Crippen molar-refractivity contribution < 1.29 is 57.0 Å². The smallest absolute Gasteiger partial charge is 0.394 e. The second kappa shape index (κ2) is 45.9. The minimum Gasteiger partial charge on any atom is -0.394 e. The van der Waals surface area contributed by atoms with Crippen LogP contribution < -0.4 is 5.32 Å². The van der Waals surface area contributed by atoms with E-state index in [0.717, 1.165) is 64.2 Å². The van der Waals surface area contributed by atoms with Gasteiger partial charge in [-0.15, -0.1) is 0 Å². The van der Waals surface area contributed by atoms with Crippen molar-refractivity contribution in [2.45, 2.75) is 300 Å². The second-order valence-corrected chi connectivity index (χ2v) is 21.1. The predicted molar refractivity (Wildman–Crippen MR) is 284 cm³/mol. The topological polar surface area (TPSA) is 212 Å². The molecule has 13 nitrogen and oxygen atoms in total. The van der Waals surface area contributed by atoms with Crippen LogP contribution in [0.25, 0.3) is 0 Å². The summed E-state index contributed by atoms with van der Waals surface area (Å²) in [5.41, 5.74) is 0. The maximum Gasteiger partial charge on any atom is 0.397 e. The quantitative estimate of drug-likeness (QED) is 0.0172. The predicted octanol–water partition coefficient (Wildman–Crippen LogP) is 12.0. The number of nitrogens with one attached hydrogen (secondary N) is 1. The van der Waals surface area contributed by atoms with E-state index in [2.05, 4.69) is 47.7 Å². The molecular formula is C56H105NO12S. The fourth-order valence-corrected chi connectivity index (χ4v) is 9.53. The Morgan fingerprint density at radius 3 is 1.40 bits per heavy atom. The van der Waals surface area contributed by atoms with Gasteiger partial charge < -0.3 is 40.3 Å². The highest BCUT2D eigenvalue weighted by atomic mass is 32.3. The molecule has 412 valence electrons. The van der Waals surface area contributed by atoms with Gasteiger partial charge in [-0.3, -0.25) is 9.35 Å². The molecular weight excluding hydrogens is 911 g/mol. The number of allylic oxidation sites excluding steroid dienone is 5. The van der Waals surface area contributed by atoms with Crippen LogP contribution in [-0.2, 0) is 28.9 Å². The number of aliphatic hydroxyl groups excluding tert-OH is 5. The zero-order chi connectivity index (χ0) is 51.3. The molecule has 1 amide bonds. The van der Waals surface area contributed by atoms with E-state index < -0.39 is 78.5 Å². The van der Waals surface area contributed by atoms with Gasteiger partial charge in [0.1, 0.15) is 30.5 Å². The van der Waals surface area contributed by atoms with Crippen molar-refractivity contribution in [3.8, 4) is 0 Å². The zero-order valence-electron chi connectivity index (χ0n) is 44.2. The molecule has 0 aromatic carbocycles. The van der Waals surface area contributed by atoms with Crippen molar-refractivity contribution in [1.29, 1.82) is 0 Å². The average molecular weight is 1020 g/mol. The van der Waals surface area contributed by atoms with E-state index in [-0.39, 0.29) is 6.42 Å². The first-order valence-electron chi connectivity index (χ1n) is 28.5. The molecule has 0 spiro atoms. The Bertz CT molecular complexity index is 1400. The molecule has 1 aliphatic rings. The lowest BCUT2D eigenvalue weighted by atomic mass is 9.99. The van der Waals surface area contributed by atoms with Gasteiger partial charge in [0.15, 0.2) is 6.29 Å². The van der Waals surface area contributed by atoms with E-state index in [9.17, 15) is 43.3 Å². The Morgan fingerprint density at radius 1 is 0.586 bits per heavy atom. The Balaban J connectivity index is 2.46. The largest absolute Gasteiger partial charge is 0.397 e. The van der Waals surface area contributed by atoms with Crippen LogP contribution in [0.15, 0.2) is 36.5 Å². The highest BCUT2D eigenvalue weighted by Gasteiger charge is 2.48. The molecule has 0 saturated carbocycles. The number of aliphatic hydroxyl groups is 5. The molecule has 8 atom stereocenters. The molecule has 1 aliphatic heterocycles. The zero-order valence-corrected chi connectivity index (χ0v) is 45.0. The van der Waals surface area contributed by atoms with Gasteiger partial charge in [0.25, 0.3) is 0 Å². The number of rotatable bonds is 49. The van der Waals surface area contributed by atoms with E-state index in [1.165, 1.54) is 154 Å². The Morgan fingerprint density at radius 2 is 0.986 bits per heavy atom. The van der Waals surface area contributed by atoms with Crippen LogP contribution in [0.5, 0.6) is 0 Å². The summed E-state index contributed by atoms with van der Waals surface area (Å²) in [5.74, 6) is -0.708. The summed E-state index contributed by atoms with van der Waals surface area (Å²) in [6.07, 6.45) is 45.0. The minimum absolute atomic E-state index is 0.231. The van der Waals surface area contributed by atoms with Gasteiger partial charge >= 0.3 is 10.4 Å².